The summed E-state index contributed by atoms with van der Waals surface area (Å²) in [7, 11) is 3.73. The van der Waals surface area contributed by atoms with Gasteiger partial charge in [0.05, 0.1) is 23.6 Å². The van der Waals surface area contributed by atoms with E-state index in [0.717, 1.165) is 36.5 Å². The molecule has 2 amide bonds. The summed E-state index contributed by atoms with van der Waals surface area (Å²) in [6, 6.07) is 3.71. The van der Waals surface area contributed by atoms with Gasteiger partial charge in [-0.2, -0.15) is 10.2 Å². The van der Waals surface area contributed by atoms with Crippen LogP contribution in [0.4, 0.5) is 10.6 Å². The van der Waals surface area contributed by atoms with E-state index in [9.17, 15) is 4.79 Å². The second kappa shape index (κ2) is 6.51. The lowest BCUT2D eigenvalue weighted by molar-refractivity contribution is 0.108. The molecule has 25 heavy (non-hydrogen) atoms. The van der Waals surface area contributed by atoms with Crippen LogP contribution in [-0.4, -0.2) is 32.2 Å². The number of aromatic nitrogens is 4. The van der Waals surface area contributed by atoms with Gasteiger partial charge >= 0.3 is 6.03 Å². The molecule has 1 aliphatic heterocycles. The molecule has 8 heteroatoms. The molecule has 1 aliphatic carbocycles. The number of anilines is 1. The molecule has 134 valence electrons. The number of urea groups is 1. The summed E-state index contributed by atoms with van der Waals surface area (Å²) in [5, 5.41) is 14.7. The van der Waals surface area contributed by atoms with Crippen molar-refractivity contribution in [1.82, 2.24) is 24.9 Å². The van der Waals surface area contributed by atoms with Gasteiger partial charge in [-0.25, -0.2) is 4.79 Å². The van der Waals surface area contributed by atoms with Crippen molar-refractivity contribution >= 4 is 11.8 Å². The molecule has 0 aromatic carbocycles. The van der Waals surface area contributed by atoms with Crippen LogP contribution in [0.1, 0.15) is 54.8 Å². The third kappa shape index (κ3) is 3.53. The molecule has 1 saturated heterocycles. The first-order chi connectivity index (χ1) is 12.1. The van der Waals surface area contributed by atoms with Crippen molar-refractivity contribution in [2.45, 2.75) is 44.2 Å². The van der Waals surface area contributed by atoms with E-state index in [4.69, 9.17) is 4.74 Å². The van der Waals surface area contributed by atoms with Crippen LogP contribution in [0.25, 0.3) is 0 Å². The highest BCUT2D eigenvalue weighted by molar-refractivity contribution is 5.88. The van der Waals surface area contributed by atoms with Crippen molar-refractivity contribution in [3.8, 4) is 0 Å². The van der Waals surface area contributed by atoms with E-state index in [-0.39, 0.29) is 12.1 Å². The van der Waals surface area contributed by atoms with Gasteiger partial charge in [0.15, 0.2) is 0 Å². The summed E-state index contributed by atoms with van der Waals surface area (Å²) >= 11 is 0. The average Bonchev–Trinajstić information content (AvgIpc) is 2.99. The van der Waals surface area contributed by atoms with Gasteiger partial charge in [0.25, 0.3) is 0 Å². The smallest absolute Gasteiger partial charge is 0.320 e. The van der Waals surface area contributed by atoms with Gasteiger partial charge in [-0.05, 0) is 31.7 Å². The molecule has 0 unspecified atom stereocenters. The Labute approximate surface area is 146 Å². The summed E-state index contributed by atoms with van der Waals surface area (Å²) in [6.07, 6.45) is 4.51. The number of nitrogens with zero attached hydrogens (tertiary/aromatic N) is 4. The molecule has 2 aromatic rings. The second-order valence-electron chi connectivity index (χ2n) is 6.85. The number of carbonyl (C=O) groups is 1. The van der Waals surface area contributed by atoms with Crippen LogP contribution in [0, 0.1) is 0 Å². The molecule has 1 saturated carbocycles. The quantitative estimate of drug-likeness (QED) is 0.871. The molecular formula is C17H24N6O2. The number of nitrogens with one attached hydrogen (secondary N) is 2. The van der Waals surface area contributed by atoms with Crippen molar-refractivity contribution in [2.75, 3.05) is 11.9 Å². The Bertz CT molecular complexity index is 770. The molecular weight excluding hydrogens is 320 g/mol. The first-order valence-electron chi connectivity index (χ1n) is 8.83. The van der Waals surface area contributed by atoms with E-state index < -0.39 is 0 Å². The Hall–Kier alpha value is -2.35. The third-order valence-corrected chi connectivity index (χ3v) is 4.82. The first kappa shape index (κ1) is 16.1. The summed E-state index contributed by atoms with van der Waals surface area (Å²) in [6.45, 7) is 1.22. The zero-order valence-corrected chi connectivity index (χ0v) is 14.7. The van der Waals surface area contributed by atoms with E-state index >= 15 is 0 Å². The van der Waals surface area contributed by atoms with Crippen molar-refractivity contribution in [2.24, 2.45) is 14.1 Å². The highest BCUT2D eigenvalue weighted by Gasteiger charge is 2.27. The van der Waals surface area contributed by atoms with Gasteiger partial charge in [-0.15, -0.1) is 0 Å². The van der Waals surface area contributed by atoms with Crippen LogP contribution in [0.2, 0.25) is 0 Å². The van der Waals surface area contributed by atoms with Crippen LogP contribution in [0.15, 0.2) is 12.1 Å². The minimum atomic E-state index is -0.254. The monoisotopic (exact) mass is 344 g/mol. The molecule has 3 heterocycles. The number of hydrogen-bond acceptors (Lipinski definition) is 4. The fourth-order valence-electron chi connectivity index (χ4n) is 3.18. The van der Waals surface area contributed by atoms with E-state index in [1.807, 2.05) is 24.8 Å². The van der Waals surface area contributed by atoms with E-state index in [0.29, 0.717) is 18.3 Å². The molecule has 2 aromatic heterocycles. The normalized spacial score (nSPS) is 20.0. The van der Waals surface area contributed by atoms with Gasteiger partial charge in [0, 0.05) is 32.7 Å². The summed E-state index contributed by atoms with van der Waals surface area (Å²) in [4.78, 5) is 12.2. The largest absolute Gasteiger partial charge is 0.372 e. The number of hydrogen-bond donors (Lipinski definition) is 2. The maximum absolute atomic E-state index is 12.2. The fraction of sp³-hybridized carbons (Fsp3) is 0.588. The predicted molar refractivity (Wildman–Crippen MR) is 92.2 cm³/mol. The zero-order valence-electron chi connectivity index (χ0n) is 14.7. The van der Waals surface area contributed by atoms with Crippen molar-refractivity contribution in [1.29, 1.82) is 0 Å². The Morgan fingerprint density at radius 2 is 2.00 bits per heavy atom. The Balaban J connectivity index is 1.34. The maximum atomic E-state index is 12.2. The van der Waals surface area contributed by atoms with Gasteiger partial charge in [0.1, 0.15) is 11.9 Å². The van der Waals surface area contributed by atoms with Crippen LogP contribution < -0.4 is 10.6 Å². The Kier molecular flexibility index (Phi) is 4.20. The topological polar surface area (TPSA) is 86.0 Å². The minimum absolute atomic E-state index is 0.0418. The fourth-order valence-corrected chi connectivity index (χ4v) is 3.18. The van der Waals surface area contributed by atoms with Crippen molar-refractivity contribution in [3.05, 3.63) is 29.2 Å². The molecule has 0 bridgehead atoms. The summed E-state index contributed by atoms with van der Waals surface area (Å²) in [5.41, 5.74) is 3.01. The standard InChI is InChI=1S/C17H24N6O2/c1-22-12(8-13(20-22)11-5-6-11)10-18-17(24)19-16-9-14(21-23(16)2)15-4-3-7-25-15/h8-9,11,15H,3-7,10H2,1-2H3,(H2,18,19,24)/t15-/m0/s1. The van der Waals surface area contributed by atoms with Crippen LogP contribution >= 0.6 is 0 Å². The van der Waals surface area contributed by atoms with Crippen LogP contribution in [0.3, 0.4) is 0 Å². The van der Waals surface area contributed by atoms with Gasteiger partial charge < -0.3 is 10.1 Å². The lowest BCUT2D eigenvalue weighted by Crippen LogP contribution is -2.29. The number of ether oxygens (including phenoxy) is 1. The molecule has 2 aliphatic rings. The molecule has 1 atom stereocenters. The summed E-state index contributed by atoms with van der Waals surface area (Å²) < 4.78 is 9.16. The molecule has 8 nitrogen and oxygen atoms in total. The molecule has 2 fully saturated rings. The average molecular weight is 344 g/mol. The SMILES string of the molecule is Cn1nc(C2CC2)cc1CNC(=O)Nc1cc([C@@H]2CCCO2)nn1C. The second-order valence-corrected chi connectivity index (χ2v) is 6.85. The minimum Gasteiger partial charge on any atom is -0.372 e. The molecule has 0 radical (unpaired) electrons. The van der Waals surface area contributed by atoms with E-state index in [2.05, 4.69) is 26.9 Å². The van der Waals surface area contributed by atoms with Gasteiger partial charge in [-0.1, -0.05) is 0 Å². The van der Waals surface area contributed by atoms with Gasteiger partial charge in [0.2, 0.25) is 0 Å². The number of aryl methyl sites for hydroxylation is 2. The van der Waals surface area contributed by atoms with Gasteiger partial charge in [-0.3, -0.25) is 14.7 Å². The lowest BCUT2D eigenvalue weighted by Gasteiger charge is -2.07. The molecule has 0 spiro atoms. The predicted octanol–water partition coefficient (Wildman–Crippen LogP) is 2.20. The number of rotatable bonds is 5. The third-order valence-electron chi connectivity index (χ3n) is 4.82. The number of carbonyl (C=O) groups excluding carboxylic acids is 1. The highest BCUT2D eigenvalue weighted by atomic mass is 16.5. The number of amides is 2. The molecule has 4 rings (SSSR count). The summed E-state index contributed by atoms with van der Waals surface area (Å²) in [5.74, 6) is 1.27. The van der Waals surface area contributed by atoms with Crippen molar-refractivity contribution in [3.63, 3.8) is 0 Å². The highest BCUT2D eigenvalue weighted by Crippen LogP contribution is 2.39. The maximum Gasteiger partial charge on any atom is 0.320 e. The van der Waals surface area contributed by atoms with E-state index in [1.54, 1.807) is 4.68 Å². The Morgan fingerprint density at radius 1 is 1.20 bits per heavy atom. The van der Waals surface area contributed by atoms with Crippen LogP contribution in [0.5, 0.6) is 0 Å². The van der Waals surface area contributed by atoms with E-state index in [1.165, 1.54) is 12.8 Å². The van der Waals surface area contributed by atoms with Crippen molar-refractivity contribution < 1.29 is 9.53 Å². The zero-order chi connectivity index (χ0) is 17.4. The molecule has 2 N–H and O–H groups in total. The Morgan fingerprint density at radius 3 is 2.72 bits per heavy atom. The first-order valence-corrected chi connectivity index (χ1v) is 8.83. The lowest BCUT2D eigenvalue weighted by atomic mass is 10.2. The van der Waals surface area contributed by atoms with Crippen LogP contribution in [-0.2, 0) is 25.4 Å².